The van der Waals surface area contributed by atoms with Gasteiger partial charge in [-0.1, -0.05) is 83.1 Å². The molecule has 0 amide bonds. The molecule has 29 heavy (non-hydrogen) atoms. The highest BCUT2D eigenvalue weighted by Gasteiger charge is 2.11. The van der Waals surface area contributed by atoms with Crippen molar-refractivity contribution in [3.05, 3.63) is 36.4 Å². The van der Waals surface area contributed by atoms with Gasteiger partial charge in [0.2, 0.25) is 0 Å². The van der Waals surface area contributed by atoms with Crippen LogP contribution in [0.5, 0.6) is 11.5 Å². The third kappa shape index (κ3) is 8.46. The van der Waals surface area contributed by atoms with Gasteiger partial charge in [0.1, 0.15) is 11.5 Å². The van der Waals surface area contributed by atoms with Gasteiger partial charge < -0.3 is 9.47 Å². The molecule has 2 aromatic carbocycles. The fourth-order valence-electron chi connectivity index (χ4n) is 3.69. The molecule has 0 fully saturated rings. The molecule has 1 unspecified atom stereocenters. The minimum Gasteiger partial charge on any atom is -0.493 e. The number of benzene rings is 2. The van der Waals surface area contributed by atoms with Crippen molar-refractivity contribution in [2.24, 2.45) is 5.92 Å². The van der Waals surface area contributed by atoms with Crippen LogP contribution in [0.3, 0.4) is 0 Å². The molecule has 0 aliphatic rings. The quantitative estimate of drug-likeness (QED) is 0.201. The van der Waals surface area contributed by atoms with Crippen LogP contribution in [0.1, 0.15) is 78.1 Å². The highest BCUT2D eigenvalue weighted by Crippen LogP contribution is 2.33. The smallest absolute Gasteiger partial charge is 0.127 e. The predicted molar refractivity (Wildman–Crippen MR) is 127 cm³/mol. The Bertz CT molecular complexity index is 685. The van der Waals surface area contributed by atoms with Crippen molar-refractivity contribution < 1.29 is 9.47 Å². The Labute approximate surface area is 182 Å². The van der Waals surface area contributed by atoms with Crippen molar-refractivity contribution in [1.29, 1.82) is 0 Å². The fourth-order valence-corrected chi connectivity index (χ4v) is 3.88. The monoisotopic (exact) mass is 418 g/mol. The maximum Gasteiger partial charge on any atom is 0.127 e. The van der Waals surface area contributed by atoms with E-state index in [1.807, 2.05) is 0 Å². The summed E-state index contributed by atoms with van der Waals surface area (Å²) < 4.78 is 12.4. The lowest BCUT2D eigenvalue weighted by atomic mass is 10.0. The molecule has 0 bridgehead atoms. The Morgan fingerprint density at radius 3 is 2.00 bits per heavy atom. The Hall–Kier alpha value is -1.41. The van der Waals surface area contributed by atoms with Gasteiger partial charge in [-0.2, -0.15) is 0 Å². The number of alkyl halides is 1. The lowest BCUT2D eigenvalue weighted by molar-refractivity contribution is 0.235. The third-order valence-corrected chi connectivity index (χ3v) is 5.91. The summed E-state index contributed by atoms with van der Waals surface area (Å²) in [7, 11) is 0. The number of fused-ring (bicyclic) bond motifs is 1. The summed E-state index contributed by atoms with van der Waals surface area (Å²) in [6, 6.07) is 12.6. The minimum atomic E-state index is 0.633. The lowest BCUT2D eigenvalue weighted by Gasteiger charge is -2.18. The number of rotatable bonds is 16. The maximum absolute atomic E-state index is 6.25. The van der Waals surface area contributed by atoms with Crippen LogP contribution in [0.2, 0.25) is 0 Å². The van der Waals surface area contributed by atoms with Crippen LogP contribution in [0.4, 0.5) is 0 Å². The molecule has 1 atom stereocenters. The van der Waals surface area contributed by atoms with Gasteiger partial charge in [0.15, 0.2) is 0 Å². The minimum absolute atomic E-state index is 0.633. The summed E-state index contributed by atoms with van der Waals surface area (Å²) in [5.74, 6) is 3.36. The van der Waals surface area contributed by atoms with Gasteiger partial charge in [-0.3, -0.25) is 0 Å². The second kappa shape index (κ2) is 14.6. The maximum atomic E-state index is 6.25. The van der Waals surface area contributed by atoms with Crippen LogP contribution in [0.15, 0.2) is 36.4 Å². The topological polar surface area (TPSA) is 18.5 Å². The Balaban J connectivity index is 1.89. The molecule has 2 rings (SSSR count). The molecule has 0 saturated heterocycles. The van der Waals surface area contributed by atoms with Crippen LogP contribution in [0.25, 0.3) is 10.8 Å². The van der Waals surface area contributed by atoms with Gasteiger partial charge in [-0.05, 0) is 37.3 Å². The first kappa shape index (κ1) is 23.9. The summed E-state index contributed by atoms with van der Waals surface area (Å²) in [4.78, 5) is 0. The molecule has 0 radical (unpaired) electrons. The fraction of sp³-hybridized carbons (Fsp3) is 0.615. The standard InChI is InChI=1S/C26H39ClO2/c1-3-5-14-22(4-2)21-29-26-18-17-25(23-15-10-11-16-24(23)26)28-20-13-9-7-6-8-12-19-27/h10-11,15-18,22H,3-9,12-14,19-21H2,1-2H3. The average molecular weight is 419 g/mol. The van der Waals surface area contributed by atoms with E-state index in [0.29, 0.717) is 5.92 Å². The van der Waals surface area contributed by atoms with Crippen LogP contribution < -0.4 is 9.47 Å². The van der Waals surface area contributed by atoms with Crippen molar-refractivity contribution in [3.8, 4) is 11.5 Å². The van der Waals surface area contributed by atoms with Crippen molar-refractivity contribution >= 4 is 22.4 Å². The average Bonchev–Trinajstić information content (AvgIpc) is 2.76. The first-order valence-corrected chi connectivity index (χ1v) is 12.2. The largest absolute Gasteiger partial charge is 0.493 e. The highest BCUT2D eigenvalue weighted by molar-refractivity contribution is 6.17. The van der Waals surface area contributed by atoms with Crippen LogP contribution in [-0.2, 0) is 0 Å². The molecular formula is C26H39ClO2. The summed E-state index contributed by atoms with van der Waals surface area (Å²) in [6.07, 6.45) is 12.2. The molecule has 0 heterocycles. The molecule has 3 heteroatoms. The number of halogens is 1. The zero-order valence-corrected chi connectivity index (χ0v) is 19.2. The molecular weight excluding hydrogens is 380 g/mol. The van der Waals surface area contributed by atoms with Gasteiger partial charge in [0.05, 0.1) is 13.2 Å². The van der Waals surface area contributed by atoms with Crippen molar-refractivity contribution in [2.45, 2.75) is 78.1 Å². The molecule has 162 valence electrons. The van der Waals surface area contributed by atoms with Gasteiger partial charge in [0, 0.05) is 16.7 Å². The second-order valence-corrected chi connectivity index (χ2v) is 8.37. The number of hydrogen-bond acceptors (Lipinski definition) is 2. The molecule has 0 spiro atoms. The lowest BCUT2D eigenvalue weighted by Crippen LogP contribution is -2.11. The van der Waals surface area contributed by atoms with Crippen molar-refractivity contribution in [1.82, 2.24) is 0 Å². The van der Waals surface area contributed by atoms with E-state index in [4.69, 9.17) is 21.1 Å². The molecule has 0 saturated carbocycles. The van der Waals surface area contributed by atoms with E-state index in [9.17, 15) is 0 Å². The van der Waals surface area contributed by atoms with E-state index in [0.717, 1.165) is 54.2 Å². The van der Waals surface area contributed by atoms with Crippen LogP contribution in [-0.4, -0.2) is 19.1 Å². The van der Waals surface area contributed by atoms with Crippen molar-refractivity contribution in [2.75, 3.05) is 19.1 Å². The summed E-state index contributed by atoms with van der Waals surface area (Å²) in [5, 5.41) is 2.30. The summed E-state index contributed by atoms with van der Waals surface area (Å²) in [5.41, 5.74) is 0. The molecule has 0 aromatic heterocycles. The molecule has 0 N–H and O–H groups in total. The first-order chi connectivity index (χ1) is 14.3. The van der Waals surface area contributed by atoms with Crippen molar-refractivity contribution in [3.63, 3.8) is 0 Å². The van der Waals surface area contributed by atoms with Gasteiger partial charge in [-0.25, -0.2) is 0 Å². The molecule has 0 aliphatic heterocycles. The van der Waals surface area contributed by atoms with Crippen LogP contribution >= 0.6 is 11.6 Å². The molecule has 2 nitrogen and oxygen atoms in total. The Kier molecular flexibility index (Phi) is 12.0. The number of unbranched alkanes of at least 4 members (excludes halogenated alkanes) is 6. The van der Waals surface area contributed by atoms with E-state index in [2.05, 4.69) is 50.2 Å². The highest BCUT2D eigenvalue weighted by atomic mass is 35.5. The van der Waals surface area contributed by atoms with E-state index in [-0.39, 0.29) is 0 Å². The number of ether oxygens (including phenoxy) is 2. The van der Waals surface area contributed by atoms with Crippen LogP contribution in [0, 0.1) is 5.92 Å². The van der Waals surface area contributed by atoms with Gasteiger partial charge >= 0.3 is 0 Å². The zero-order valence-electron chi connectivity index (χ0n) is 18.4. The molecule has 2 aromatic rings. The molecule has 0 aliphatic carbocycles. The van der Waals surface area contributed by atoms with Gasteiger partial charge in [0.25, 0.3) is 0 Å². The van der Waals surface area contributed by atoms with E-state index in [1.54, 1.807) is 0 Å². The summed E-state index contributed by atoms with van der Waals surface area (Å²) in [6.45, 7) is 6.08. The summed E-state index contributed by atoms with van der Waals surface area (Å²) >= 11 is 5.72. The van der Waals surface area contributed by atoms with E-state index < -0.39 is 0 Å². The SMILES string of the molecule is CCCCC(CC)COc1ccc(OCCCCCCCCCl)c2ccccc12. The van der Waals surface area contributed by atoms with E-state index >= 15 is 0 Å². The Morgan fingerprint density at radius 1 is 0.759 bits per heavy atom. The normalized spacial score (nSPS) is 12.2. The van der Waals surface area contributed by atoms with E-state index in [1.165, 1.54) is 51.4 Å². The van der Waals surface area contributed by atoms with Gasteiger partial charge in [-0.15, -0.1) is 11.6 Å². The first-order valence-electron chi connectivity index (χ1n) is 11.6. The second-order valence-electron chi connectivity index (χ2n) is 7.99. The zero-order chi connectivity index (χ0) is 20.7. The number of hydrogen-bond donors (Lipinski definition) is 0. The predicted octanol–water partition coefficient (Wildman–Crippen LogP) is 8.39. The third-order valence-electron chi connectivity index (χ3n) is 5.65. The Morgan fingerprint density at radius 2 is 1.38 bits per heavy atom.